The lowest BCUT2D eigenvalue weighted by atomic mass is 10.1. The highest BCUT2D eigenvalue weighted by Gasteiger charge is 2.15. The first-order chi connectivity index (χ1) is 12.7. The monoisotopic (exact) mass is 374 g/mol. The number of carbonyl (C=O) groups is 1. The van der Waals surface area contributed by atoms with Gasteiger partial charge in [0.2, 0.25) is 11.1 Å². The number of hydrogen-bond donors (Lipinski definition) is 1. The number of rotatable bonds is 5. The molecule has 0 saturated carbocycles. The molecule has 26 heavy (non-hydrogen) atoms. The number of H-pyrrole nitrogens is 1. The number of thioether (sulfide) groups is 1. The molecule has 3 rings (SSSR count). The third kappa shape index (κ3) is 5.69. The average Bonchev–Trinajstić information content (AvgIpc) is 3.07. The predicted molar refractivity (Wildman–Crippen MR) is 102 cm³/mol. The van der Waals surface area contributed by atoms with Crippen LogP contribution in [0, 0.1) is 5.82 Å². The van der Waals surface area contributed by atoms with Crippen molar-refractivity contribution in [1.82, 2.24) is 20.1 Å². The van der Waals surface area contributed by atoms with Gasteiger partial charge in [0.15, 0.2) is 0 Å². The van der Waals surface area contributed by atoms with Crippen molar-refractivity contribution >= 4 is 29.8 Å². The molecule has 1 N–H and O–H groups in total. The maximum absolute atomic E-state index is 12.9. The molecule has 1 saturated heterocycles. The van der Waals surface area contributed by atoms with Crippen molar-refractivity contribution < 1.29 is 9.18 Å². The van der Waals surface area contributed by atoms with Crippen molar-refractivity contribution in [3.63, 3.8) is 0 Å². The first-order valence-electron chi connectivity index (χ1n) is 8.97. The Hall–Kier alpha value is -2.15. The summed E-state index contributed by atoms with van der Waals surface area (Å²) in [6, 6.07) is 6.22. The van der Waals surface area contributed by atoms with Crippen molar-refractivity contribution in [3.8, 4) is 0 Å². The van der Waals surface area contributed by atoms with Crippen molar-refractivity contribution in [1.29, 1.82) is 0 Å². The van der Waals surface area contributed by atoms with E-state index in [2.05, 4.69) is 15.2 Å². The van der Waals surface area contributed by atoms with E-state index in [1.807, 2.05) is 11.0 Å². The smallest absolute Gasteiger partial charge is 0.233 e. The molecule has 0 aliphatic carbocycles. The summed E-state index contributed by atoms with van der Waals surface area (Å²) in [6.45, 7) is 1.72. The number of aromatic nitrogens is 3. The summed E-state index contributed by atoms with van der Waals surface area (Å²) in [6.07, 6.45) is 9.50. The van der Waals surface area contributed by atoms with Crippen molar-refractivity contribution in [3.05, 3.63) is 41.5 Å². The number of carbonyl (C=O) groups excluding carboxylic acids is 1. The van der Waals surface area contributed by atoms with Gasteiger partial charge in [-0.3, -0.25) is 9.89 Å². The third-order valence-corrected chi connectivity index (χ3v) is 5.15. The highest BCUT2D eigenvalue weighted by Crippen LogP contribution is 2.16. The summed E-state index contributed by atoms with van der Waals surface area (Å²) in [5, 5.41) is 7.54. The van der Waals surface area contributed by atoms with E-state index in [1.54, 1.807) is 18.2 Å². The van der Waals surface area contributed by atoms with E-state index >= 15 is 0 Å². The van der Waals surface area contributed by atoms with Gasteiger partial charge in [0.25, 0.3) is 0 Å². The van der Waals surface area contributed by atoms with Gasteiger partial charge in [-0.2, -0.15) is 0 Å². The average molecular weight is 374 g/mol. The van der Waals surface area contributed by atoms with Gasteiger partial charge in [-0.1, -0.05) is 49.2 Å². The number of halogens is 1. The number of likely N-dealkylation sites (tertiary alicyclic amines) is 1. The summed E-state index contributed by atoms with van der Waals surface area (Å²) in [5.74, 6) is 0.865. The molecule has 0 bridgehead atoms. The van der Waals surface area contributed by atoms with E-state index in [4.69, 9.17) is 0 Å². The fraction of sp³-hybridized carbons (Fsp3) is 0.421. The maximum atomic E-state index is 12.9. The zero-order valence-electron chi connectivity index (χ0n) is 14.7. The molecule has 1 aliphatic rings. The van der Waals surface area contributed by atoms with Crippen LogP contribution < -0.4 is 0 Å². The van der Waals surface area contributed by atoms with E-state index < -0.39 is 0 Å². The SMILES string of the molecule is O=C(CSc1n[nH]c(/C=C/c2ccc(F)cc2)n1)N1CCCCCCC1. The molecule has 7 heteroatoms. The first kappa shape index (κ1) is 18.6. The molecule has 5 nitrogen and oxygen atoms in total. The van der Waals surface area contributed by atoms with Crippen LogP contribution in [0.3, 0.4) is 0 Å². The number of amides is 1. The molecular formula is C19H23FN4OS. The minimum absolute atomic E-state index is 0.158. The Bertz CT molecular complexity index is 736. The number of benzene rings is 1. The summed E-state index contributed by atoms with van der Waals surface area (Å²) < 4.78 is 12.9. The minimum atomic E-state index is -0.259. The number of aromatic amines is 1. The third-order valence-electron chi connectivity index (χ3n) is 4.32. The summed E-state index contributed by atoms with van der Waals surface area (Å²) in [7, 11) is 0. The molecule has 2 aromatic rings. The molecule has 1 aromatic heterocycles. The summed E-state index contributed by atoms with van der Waals surface area (Å²) in [5.41, 5.74) is 0.879. The van der Waals surface area contributed by atoms with Crippen LogP contribution in [0.15, 0.2) is 29.4 Å². The van der Waals surface area contributed by atoms with Crippen LogP contribution in [0.5, 0.6) is 0 Å². The van der Waals surface area contributed by atoms with Crippen LogP contribution >= 0.6 is 11.8 Å². The molecule has 0 atom stereocenters. The molecule has 2 heterocycles. The Kier molecular flexibility index (Phi) is 6.82. The number of nitrogens with zero attached hydrogens (tertiary/aromatic N) is 3. The van der Waals surface area contributed by atoms with E-state index in [-0.39, 0.29) is 11.7 Å². The second-order valence-corrected chi connectivity index (χ2v) is 7.27. The van der Waals surface area contributed by atoms with Gasteiger partial charge >= 0.3 is 0 Å². The topological polar surface area (TPSA) is 61.9 Å². The minimum Gasteiger partial charge on any atom is -0.342 e. The Morgan fingerprint density at radius 3 is 2.54 bits per heavy atom. The summed E-state index contributed by atoms with van der Waals surface area (Å²) >= 11 is 1.35. The Morgan fingerprint density at radius 1 is 1.12 bits per heavy atom. The van der Waals surface area contributed by atoms with Gasteiger partial charge in [0, 0.05) is 13.1 Å². The van der Waals surface area contributed by atoms with Crippen molar-refractivity contribution in [2.24, 2.45) is 0 Å². The fourth-order valence-electron chi connectivity index (χ4n) is 2.86. The van der Waals surface area contributed by atoms with Gasteiger partial charge in [-0.15, -0.1) is 5.10 Å². The molecule has 1 fully saturated rings. The first-order valence-corrected chi connectivity index (χ1v) is 9.96. The summed E-state index contributed by atoms with van der Waals surface area (Å²) in [4.78, 5) is 18.7. The van der Waals surface area contributed by atoms with E-state index in [1.165, 1.54) is 43.2 Å². The molecule has 138 valence electrons. The second kappa shape index (κ2) is 9.52. The van der Waals surface area contributed by atoms with Gasteiger partial charge in [0.05, 0.1) is 5.75 Å². The van der Waals surface area contributed by atoms with E-state index in [0.717, 1.165) is 31.5 Å². The normalized spacial score (nSPS) is 15.8. The van der Waals surface area contributed by atoms with Gasteiger partial charge in [-0.25, -0.2) is 9.37 Å². The molecule has 0 spiro atoms. The van der Waals surface area contributed by atoms with Crippen molar-refractivity contribution in [2.75, 3.05) is 18.8 Å². The highest BCUT2D eigenvalue weighted by atomic mass is 32.2. The zero-order chi connectivity index (χ0) is 18.2. The van der Waals surface area contributed by atoms with Gasteiger partial charge in [0.1, 0.15) is 11.6 Å². The number of nitrogens with one attached hydrogen (secondary N) is 1. The van der Waals surface area contributed by atoms with Crippen LogP contribution in [-0.4, -0.2) is 44.8 Å². The lowest BCUT2D eigenvalue weighted by molar-refractivity contribution is -0.128. The zero-order valence-corrected chi connectivity index (χ0v) is 15.5. The molecular weight excluding hydrogens is 351 g/mol. The largest absolute Gasteiger partial charge is 0.342 e. The lowest BCUT2D eigenvalue weighted by Crippen LogP contribution is -2.35. The maximum Gasteiger partial charge on any atom is 0.233 e. The van der Waals surface area contributed by atoms with Crippen LogP contribution in [0.4, 0.5) is 4.39 Å². The Morgan fingerprint density at radius 2 is 1.81 bits per heavy atom. The Labute approximate surface area is 157 Å². The van der Waals surface area contributed by atoms with Gasteiger partial charge < -0.3 is 4.90 Å². The predicted octanol–water partition coefficient (Wildman–Crippen LogP) is 4.00. The van der Waals surface area contributed by atoms with Gasteiger partial charge in [-0.05, 0) is 36.6 Å². The molecule has 0 radical (unpaired) electrons. The molecule has 0 unspecified atom stereocenters. The fourth-order valence-corrected chi connectivity index (χ4v) is 3.57. The lowest BCUT2D eigenvalue weighted by Gasteiger charge is -2.24. The second-order valence-electron chi connectivity index (χ2n) is 6.33. The highest BCUT2D eigenvalue weighted by molar-refractivity contribution is 7.99. The standard InChI is InChI=1S/C19H23FN4OS/c20-16-9-6-15(7-10-16)8-11-17-21-19(23-22-17)26-14-18(25)24-12-4-2-1-3-5-13-24/h6-11H,1-5,12-14H2,(H,21,22,23)/b11-8+. The quantitative estimate of drug-likeness (QED) is 0.804. The van der Waals surface area contributed by atoms with Crippen LogP contribution in [0.1, 0.15) is 43.5 Å². The molecule has 1 aromatic carbocycles. The van der Waals surface area contributed by atoms with E-state index in [9.17, 15) is 9.18 Å². The Balaban J connectivity index is 1.50. The molecule has 1 amide bonds. The van der Waals surface area contributed by atoms with Crippen LogP contribution in [0.2, 0.25) is 0 Å². The van der Waals surface area contributed by atoms with Crippen LogP contribution in [0.25, 0.3) is 12.2 Å². The molecule has 1 aliphatic heterocycles. The number of hydrogen-bond acceptors (Lipinski definition) is 4. The van der Waals surface area contributed by atoms with Crippen LogP contribution in [-0.2, 0) is 4.79 Å². The van der Waals surface area contributed by atoms with Crippen molar-refractivity contribution in [2.45, 2.75) is 37.3 Å². The van der Waals surface area contributed by atoms with E-state index in [0.29, 0.717) is 16.7 Å².